The number of unbranched alkanes of at least 4 members (excludes halogenated alkanes) is 2. The van der Waals surface area contributed by atoms with Crippen molar-refractivity contribution in [2.24, 2.45) is 23.7 Å². The summed E-state index contributed by atoms with van der Waals surface area (Å²) in [5.74, 6) is 4.37. The molecule has 2 aliphatic rings. The van der Waals surface area contributed by atoms with Crippen molar-refractivity contribution in [2.75, 3.05) is 6.61 Å². The van der Waals surface area contributed by atoms with E-state index in [0.29, 0.717) is 5.38 Å². The van der Waals surface area contributed by atoms with Gasteiger partial charge in [0.05, 0.1) is 6.61 Å². The first kappa shape index (κ1) is 24.9. The van der Waals surface area contributed by atoms with E-state index in [1.165, 1.54) is 102 Å². The first-order chi connectivity index (χ1) is 15.2. The Bertz CT molecular complexity index is 581. The third-order valence-corrected chi connectivity index (χ3v) is 8.64. The van der Waals surface area contributed by atoms with Gasteiger partial charge in [-0.1, -0.05) is 77.3 Å². The number of hydrogen-bond donors (Lipinski definition) is 0. The van der Waals surface area contributed by atoms with E-state index >= 15 is 0 Å². The Morgan fingerprint density at radius 2 is 1.45 bits per heavy atom. The molecule has 176 valence electrons. The monoisotopic (exact) mass is 446 g/mol. The van der Waals surface area contributed by atoms with E-state index in [2.05, 4.69) is 38.1 Å². The maximum Gasteiger partial charge on any atom is 0.119 e. The fraction of sp³-hybridized carbons (Fsp3) is 0.793. The van der Waals surface area contributed by atoms with Gasteiger partial charge >= 0.3 is 0 Å². The molecule has 0 heterocycles. The quantitative estimate of drug-likeness (QED) is 0.229. The zero-order chi connectivity index (χ0) is 21.9. The number of halogens is 1. The predicted molar refractivity (Wildman–Crippen MR) is 135 cm³/mol. The second kappa shape index (κ2) is 13.8. The van der Waals surface area contributed by atoms with E-state index in [1.54, 1.807) is 0 Å². The van der Waals surface area contributed by atoms with Crippen molar-refractivity contribution in [3.05, 3.63) is 29.8 Å². The Balaban J connectivity index is 1.30. The SMILES string of the molecule is CCCCCc1ccc(OCC2CCC(CC(Cl)C3CCC(CCC)CC3)CC2)cc1. The fourth-order valence-corrected chi connectivity index (χ4v) is 6.44. The van der Waals surface area contributed by atoms with Gasteiger partial charge in [-0.25, -0.2) is 0 Å². The average molecular weight is 447 g/mol. The summed E-state index contributed by atoms with van der Waals surface area (Å²) < 4.78 is 6.14. The smallest absolute Gasteiger partial charge is 0.119 e. The molecule has 0 radical (unpaired) electrons. The molecule has 0 saturated heterocycles. The molecule has 2 fully saturated rings. The van der Waals surface area contributed by atoms with Crippen LogP contribution in [-0.2, 0) is 6.42 Å². The van der Waals surface area contributed by atoms with Gasteiger partial charge in [0.2, 0.25) is 0 Å². The van der Waals surface area contributed by atoms with Crippen LogP contribution in [0.4, 0.5) is 0 Å². The molecule has 2 saturated carbocycles. The van der Waals surface area contributed by atoms with Crippen LogP contribution < -0.4 is 4.74 Å². The highest BCUT2D eigenvalue weighted by atomic mass is 35.5. The Labute approximate surface area is 197 Å². The lowest BCUT2D eigenvalue weighted by molar-refractivity contribution is 0.170. The number of alkyl halides is 1. The molecular formula is C29H47ClO. The molecule has 2 aliphatic carbocycles. The standard InChI is InChI=1S/C29H47ClO/c1-3-5-6-8-24-15-19-28(20-16-24)31-22-26-11-9-25(10-12-26)21-29(30)27-17-13-23(7-4-2)14-18-27/h15-16,19-20,23,25-27,29H,3-14,17-18,21-22H2,1-2H3. The summed E-state index contributed by atoms with van der Waals surface area (Å²) in [6.07, 6.45) is 20.0. The highest BCUT2D eigenvalue weighted by Crippen LogP contribution is 2.39. The summed E-state index contributed by atoms with van der Waals surface area (Å²) in [5.41, 5.74) is 1.44. The van der Waals surface area contributed by atoms with Crippen LogP contribution in [0.1, 0.15) is 109 Å². The predicted octanol–water partition coefficient (Wildman–Crippen LogP) is 9.21. The first-order valence-electron chi connectivity index (χ1n) is 13.5. The van der Waals surface area contributed by atoms with Crippen molar-refractivity contribution in [1.29, 1.82) is 0 Å². The third kappa shape index (κ3) is 8.64. The summed E-state index contributed by atoms with van der Waals surface area (Å²) in [5, 5.41) is 0.413. The van der Waals surface area contributed by atoms with Crippen LogP contribution in [0.25, 0.3) is 0 Å². The summed E-state index contributed by atoms with van der Waals surface area (Å²) in [4.78, 5) is 0. The average Bonchev–Trinajstić information content (AvgIpc) is 2.80. The molecule has 2 heteroatoms. The molecule has 1 aromatic carbocycles. The summed E-state index contributed by atoms with van der Waals surface area (Å²) in [6.45, 7) is 5.47. The van der Waals surface area contributed by atoms with E-state index in [4.69, 9.17) is 16.3 Å². The van der Waals surface area contributed by atoms with Gasteiger partial charge in [-0.3, -0.25) is 0 Å². The van der Waals surface area contributed by atoms with Crippen molar-refractivity contribution in [3.8, 4) is 5.75 Å². The Hall–Kier alpha value is -0.690. The highest BCUT2D eigenvalue weighted by Gasteiger charge is 2.29. The van der Waals surface area contributed by atoms with Crippen LogP contribution >= 0.6 is 11.6 Å². The van der Waals surface area contributed by atoms with Gasteiger partial charge in [0.1, 0.15) is 5.75 Å². The van der Waals surface area contributed by atoms with Gasteiger partial charge in [-0.15, -0.1) is 11.6 Å². The zero-order valence-electron chi connectivity index (χ0n) is 20.3. The minimum Gasteiger partial charge on any atom is -0.493 e. The van der Waals surface area contributed by atoms with Crippen LogP contribution in [0.15, 0.2) is 24.3 Å². The van der Waals surface area contributed by atoms with E-state index in [9.17, 15) is 0 Å². The molecule has 0 amide bonds. The van der Waals surface area contributed by atoms with Crippen molar-refractivity contribution < 1.29 is 4.74 Å². The lowest BCUT2D eigenvalue weighted by Gasteiger charge is -2.34. The van der Waals surface area contributed by atoms with Gasteiger partial charge in [0.25, 0.3) is 0 Å². The van der Waals surface area contributed by atoms with Crippen molar-refractivity contribution >= 4 is 11.6 Å². The van der Waals surface area contributed by atoms with E-state index < -0.39 is 0 Å². The van der Waals surface area contributed by atoms with Crippen LogP contribution in [0.5, 0.6) is 5.75 Å². The van der Waals surface area contributed by atoms with Crippen molar-refractivity contribution in [1.82, 2.24) is 0 Å². The van der Waals surface area contributed by atoms with Gasteiger partial charge in [0, 0.05) is 5.38 Å². The maximum atomic E-state index is 6.92. The van der Waals surface area contributed by atoms with E-state index in [1.807, 2.05) is 0 Å². The number of ether oxygens (including phenoxy) is 1. The van der Waals surface area contributed by atoms with Gasteiger partial charge in [0.15, 0.2) is 0 Å². The minimum atomic E-state index is 0.413. The summed E-state index contributed by atoms with van der Waals surface area (Å²) in [6, 6.07) is 8.83. The lowest BCUT2D eigenvalue weighted by atomic mass is 9.75. The fourth-order valence-electron chi connectivity index (χ4n) is 5.94. The molecule has 0 N–H and O–H groups in total. The molecule has 1 aromatic rings. The van der Waals surface area contributed by atoms with Crippen LogP contribution in [-0.4, -0.2) is 12.0 Å². The Morgan fingerprint density at radius 3 is 2.10 bits per heavy atom. The third-order valence-electron chi connectivity index (χ3n) is 8.10. The Kier molecular flexibility index (Phi) is 11.1. The second-order valence-electron chi connectivity index (χ2n) is 10.6. The molecule has 0 bridgehead atoms. The molecular weight excluding hydrogens is 400 g/mol. The molecule has 1 nitrogen and oxygen atoms in total. The normalized spacial score (nSPS) is 27.7. The van der Waals surface area contributed by atoms with Gasteiger partial charge < -0.3 is 4.74 Å². The topological polar surface area (TPSA) is 9.23 Å². The number of rotatable bonds is 12. The van der Waals surface area contributed by atoms with E-state index in [-0.39, 0.29) is 0 Å². The summed E-state index contributed by atoms with van der Waals surface area (Å²) in [7, 11) is 0. The van der Waals surface area contributed by atoms with Crippen molar-refractivity contribution in [3.63, 3.8) is 0 Å². The molecule has 0 aliphatic heterocycles. The molecule has 1 atom stereocenters. The molecule has 0 aromatic heterocycles. The van der Waals surface area contributed by atoms with Crippen LogP contribution in [0, 0.1) is 23.7 Å². The first-order valence-corrected chi connectivity index (χ1v) is 14.0. The lowest BCUT2D eigenvalue weighted by Crippen LogP contribution is -2.26. The largest absolute Gasteiger partial charge is 0.493 e. The number of hydrogen-bond acceptors (Lipinski definition) is 1. The second-order valence-corrected chi connectivity index (χ2v) is 11.2. The van der Waals surface area contributed by atoms with Gasteiger partial charge in [-0.2, -0.15) is 0 Å². The van der Waals surface area contributed by atoms with Crippen LogP contribution in [0.3, 0.4) is 0 Å². The molecule has 1 unspecified atom stereocenters. The van der Waals surface area contributed by atoms with Crippen molar-refractivity contribution in [2.45, 2.75) is 116 Å². The maximum absolute atomic E-state index is 6.92. The molecule has 31 heavy (non-hydrogen) atoms. The van der Waals surface area contributed by atoms with Gasteiger partial charge in [-0.05, 0) is 86.3 Å². The van der Waals surface area contributed by atoms with E-state index in [0.717, 1.165) is 36.0 Å². The minimum absolute atomic E-state index is 0.413. The highest BCUT2D eigenvalue weighted by molar-refractivity contribution is 6.20. The zero-order valence-corrected chi connectivity index (χ0v) is 21.1. The Morgan fingerprint density at radius 1 is 0.806 bits per heavy atom. The molecule has 3 rings (SSSR count). The summed E-state index contributed by atoms with van der Waals surface area (Å²) >= 11 is 6.92. The molecule has 0 spiro atoms. The number of benzene rings is 1. The number of aryl methyl sites for hydroxylation is 1. The van der Waals surface area contributed by atoms with Crippen LogP contribution in [0.2, 0.25) is 0 Å².